The first-order chi connectivity index (χ1) is 12.1. The lowest BCUT2D eigenvalue weighted by Gasteiger charge is -2.36. The summed E-state index contributed by atoms with van der Waals surface area (Å²) in [6.45, 7) is 3.32. The Morgan fingerprint density at radius 3 is 2.56 bits per heavy atom. The maximum atomic E-state index is 13.0. The third-order valence-corrected chi connectivity index (χ3v) is 6.11. The molecule has 25 heavy (non-hydrogen) atoms. The molecule has 2 fully saturated rings. The monoisotopic (exact) mass is 344 g/mol. The summed E-state index contributed by atoms with van der Waals surface area (Å²) < 4.78 is 5.43. The van der Waals surface area contributed by atoms with Crippen molar-refractivity contribution in [3.63, 3.8) is 0 Å². The number of likely N-dealkylation sites (tertiary alicyclic amines) is 1. The van der Waals surface area contributed by atoms with Crippen LogP contribution >= 0.6 is 0 Å². The Labute approximate surface area is 147 Å². The smallest absolute Gasteiger partial charge is 0.320 e. The minimum atomic E-state index is -0.791. The number of benzene rings is 1. The topological polar surface area (TPSA) is 70.1 Å². The first-order valence-corrected chi connectivity index (χ1v) is 9.00. The highest BCUT2D eigenvalue weighted by Gasteiger charge is 2.52. The average molecular weight is 344 g/mol. The Bertz CT molecular complexity index is 684. The number of hydrogen-bond acceptors (Lipinski definition) is 3. The maximum absolute atomic E-state index is 13.0. The Hall–Kier alpha value is -2.08. The molecule has 3 aliphatic heterocycles. The zero-order chi connectivity index (χ0) is 17.4. The summed E-state index contributed by atoms with van der Waals surface area (Å²) in [6, 6.07) is 8.19. The molecule has 6 nitrogen and oxygen atoms in total. The quantitative estimate of drug-likeness (QED) is 0.846. The van der Waals surface area contributed by atoms with E-state index < -0.39 is 11.9 Å². The van der Waals surface area contributed by atoms with Gasteiger partial charge in [0.15, 0.2) is 0 Å². The fraction of sp³-hybridized carbons (Fsp3) is 0.579. The van der Waals surface area contributed by atoms with E-state index in [1.54, 1.807) is 4.90 Å². The standard InChI is InChI=1S/C19H24N2O4/c22-17(23)16-12-21(13-19(16)6-9-25-10-7-19)18(24)20-8-5-14-3-1-2-4-15(14)11-20/h1-4,16H,5-13H2,(H,22,23). The van der Waals surface area contributed by atoms with Gasteiger partial charge in [0.1, 0.15) is 0 Å². The summed E-state index contributed by atoms with van der Waals surface area (Å²) in [5.41, 5.74) is 2.17. The van der Waals surface area contributed by atoms with Gasteiger partial charge in [-0.2, -0.15) is 0 Å². The van der Waals surface area contributed by atoms with E-state index in [1.165, 1.54) is 11.1 Å². The molecule has 134 valence electrons. The highest BCUT2D eigenvalue weighted by molar-refractivity contribution is 5.78. The van der Waals surface area contributed by atoms with E-state index in [0.29, 0.717) is 39.4 Å². The van der Waals surface area contributed by atoms with Crippen LogP contribution in [0.25, 0.3) is 0 Å². The highest BCUT2D eigenvalue weighted by atomic mass is 16.5. The van der Waals surface area contributed by atoms with Crippen LogP contribution in [0.3, 0.4) is 0 Å². The number of carboxylic acids is 1. The first-order valence-electron chi connectivity index (χ1n) is 9.00. The third-order valence-electron chi connectivity index (χ3n) is 6.11. The third kappa shape index (κ3) is 2.88. The fourth-order valence-electron chi connectivity index (χ4n) is 4.60. The predicted octanol–water partition coefficient (Wildman–Crippen LogP) is 1.98. The van der Waals surface area contributed by atoms with Crippen LogP contribution < -0.4 is 0 Å². The molecule has 1 aromatic carbocycles. The second-order valence-electron chi connectivity index (χ2n) is 7.47. The molecule has 3 heterocycles. The number of nitrogens with zero attached hydrogens (tertiary/aromatic N) is 2. The van der Waals surface area contributed by atoms with Gasteiger partial charge in [0.05, 0.1) is 5.92 Å². The van der Waals surface area contributed by atoms with Gasteiger partial charge in [0, 0.05) is 44.8 Å². The lowest BCUT2D eigenvalue weighted by atomic mass is 9.72. The maximum Gasteiger partial charge on any atom is 0.320 e. The zero-order valence-electron chi connectivity index (χ0n) is 14.3. The van der Waals surface area contributed by atoms with Crippen LogP contribution in [0.5, 0.6) is 0 Å². The molecule has 0 aromatic heterocycles. The van der Waals surface area contributed by atoms with E-state index in [1.807, 2.05) is 17.0 Å². The first kappa shape index (κ1) is 16.4. The lowest BCUT2D eigenvalue weighted by molar-refractivity contribution is -0.146. The number of amides is 2. The Morgan fingerprint density at radius 1 is 1.12 bits per heavy atom. The molecule has 1 N–H and O–H groups in total. The number of aliphatic carboxylic acids is 1. The summed E-state index contributed by atoms with van der Waals surface area (Å²) in [4.78, 5) is 28.4. The largest absolute Gasteiger partial charge is 0.481 e. The van der Waals surface area contributed by atoms with Crippen LogP contribution in [-0.4, -0.2) is 59.8 Å². The van der Waals surface area contributed by atoms with Crippen molar-refractivity contribution >= 4 is 12.0 Å². The number of fused-ring (bicyclic) bond motifs is 1. The van der Waals surface area contributed by atoms with Crippen LogP contribution in [0, 0.1) is 11.3 Å². The second-order valence-corrected chi connectivity index (χ2v) is 7.47. The molecule has 1 spiro atoms. The SMILES string of the molecule is O=C(O)C1CN(C(=O)N2CCc3ccccc3C2)CC12CCOCC2. The summed E-state index contributed by atoms with van der Waals surface area (Å²) in [5, 5.41) is 9.68. The second kappa shape index (κ2) is 6.33. The van der Waals surface area contributed by atoms with Crippen LogP contribution in [0.2, 0.25) is 0 Å². The van der Waals surface area contributed by atoms with E-state index in [0.717, 1.165) is 19.3 Å². The molecular formula is C19H24N2O4. The van der Waals surface area contributed by atoms with E-state index in [-0.39, 0.29) is 11.4 Å². The van der Waals surface area contributed by atoms with Crippen molar-refractivity contribution in [2.45, 2.75) is 25.8 Å². The Morgan fingerprint density at radius 2 is 1.84 bits per heavy atom. The number of ether oxygens (including phenoxy) is 1. The molecule has 2 saturated heterocycles. The Kier molecular flexibility index (Phi) is 4.15. The van der Waals surface area contributed by atoms with Crippen LogP contribution in [0.4, 0.5) is 4.79 Å². The van der Waals surface area contributed by atoms with E-state index in [9.17, 15) is 14.7 Å². The predicted molar refractivity (Wildman–Crippen MR) is 91.1 cm³/mol. The summed E-state index contributed by atoms with van der Waals surface area (Å²) >= 11 is 0. The highest BCUT2D eigenvalue weighted by Crippen LogP contribution is 2.44. The number of hydrogen-bond donors (Lipinski definition) is 1. The summed E-state index contributed by atoms with van der Waals surface area (Å²) in [7, 11) is 0. The van der Waals surface area contributed by atoms with Crippen molar-refractivity contribution in [2.75, 3.05) is 32.8 Å². The van der Waals surface area contributed by atoms with Gasteiger partial charge in [0.2, 0.25) is 0 Å². The van der Waals surface area contributed by atoms with Crippen molar-refractivity contribution < 1.29 is 19.4 Å². The fourth-order valence-corrected chi connectivity index (χ4v) is 4.60. The van der Waals surface area contributed by atoms with Crippen LogP contribution in [0.15, 0.2) is 24.3 Å². The lowest BCUT2D eigenvalue weighted by Crippen LogP contribution is -2.45. The summed E-state index contributed by atoms with van der Waals surface area (Å²) in [5.74, 6) is -1.28. The van der Waals surface area contributed by atoms with Gasteiger partial charge in [0.25, 0.3) is 0 Å². The molecule has 4 rings (SSSR count). The van der Waals surface area contributed by atoms with Crippen molar-refractivity contribution in [3.8, 4) is 0 Å². The minimum Gasteiger partial charge on any atom is -0.481 e. The molecule has 3 aliphatic rings. The minimum absolute atomic E-state index is 0.0240. The molecule has 0 bridgehead atoms. The van der Waals surface area contributed by atoms with Crippen LogP contribution in [-0.2, 0) is 22.5 Å². The van der Waals surface area contributed by atoms with E-state index in [2.05, 4.69) is 12.1 Å². The molecule has 0 radical (unpaired) electrons. The number of urea groups is 1. The molecule has 1 aromatic rings. The van der Waals surface area contributed by atoms with Crippen LogP contribution in [0.1, 0.15) is 24.0 Å². The number of rotatable bonds is 1. The molecule has 2 amide bonds. The van der Waals surface area contributed by atoms with Gasteiger partial charge in [-0.25, -0.2) is 4.79 Å². The molecular weight excluding hydrogens is 320 g/mol. The molecule has 0 saturated carbocycles. The molecule has 0 aliphatic carbocycles. The normalized spacial score (nSPS) is 25.0. The molecule has 6 heteroatoms. The van der Waals surface area contributed by atoms with Gasteiger partial charge in [-0.15, -0.1) is 0 Å². The zero-order valence-corrected chi connectivity index (χ0v) is 14.3. The van der Waals surface area contributed by atoms with Crippen molar-refractivity contribution in [2.24, 2.45) is 11.3 Å². The van der Waals surface area contributed by atoms with E-state index in [4.69, 9.17) is 4.74 Å². The summed E-state index contributed by atoms with van der Waals surface area (Å²) in [6.07, 6.45) is 2.30. The van der Waals surface area contributed by atoms with Crippen molar-refractivity contribution in [3.05, 3.63) is 35.4 Å². The van der Waals surface area contributed by atoms with Crippen molar-refractivity contribution in [1.82, 2.24) is 9.80 Å². The molecule has 1 unspecified atom stereocenters. The van der Waals surface area contributed by atoms with Gasteiger partial charge in [-0.1, -0.05) is 24.3 Å². The van der Waals surface area contributed by atoms with Gasteiger partial charge >= 0.3 is 12.0 Å². The number of carbonyl (C=O) groups is 2. The van der Waals surface area contributed by atoms with Gasteiger partial charge in [-0.05, 0) is 30.4 Å². The Balaban J connectivity index is 1.50. The van der Waals surface area contributed by atoms with Gasteiger partial charge < -0.3 is 19.6 Å². The average Bonchev–Trinajstić information content (AvgIpc) is 3.00. The van der Waals surface area contributed by atoms with Gasteiger partial charge in [-0.3, -0.25) is 4.79 Å². The number of carboxylic acid groups (broad SMARTS) is 1. The number of carbonyl (C=O) groups excluding carboxylic acids is 1. The van der Waals surface area contributed by atoms with Crippen molar-refractivity contribution in [1.29, 1.82) is 0 Å². The molecule has 1 atom stereocenters. The van der Waals surface area contributed by atoms with E-state index >= 15 is 0 Å².